The molecule has 0 aromatic heterocycles. The predicted octanol–water partition coefficient (Wildman–Crippen LogP) is 5.28. The van der Waals surface area contributed by atoms with Crippen molar-refractivity contribution in [3.63, 3.8) is 0 Å². The quantitative estimate of drug-likeness (QED) is 0.699. The highest BCUT2D eigenvalue weighted by molar-refractivity contribution is 5.69. The number of nitrogens with one attached hydrogen (secondary N) is 1. The number of ether oxygens (including phenoxy) is 1. The van der Waals surface area contributed by atoms with E-state index in [9.17, 15) is 4.79 Å². The average Bonchev–Trinajstić information content (AvgIpc) is 2.67. The molecule has 0 saturated heterocycles. The molecule has 1 saturated carbocycles. The van der Waals surface area contributed by atoms with Gasteiger partial charge in [-0.2, -0.15) is 0 Å². The van der Waals surface area contributed by atoms with E-state index in [0.717, 1.165) is 37.5 Å². The molecule has 1 heterocycles. The number of carboxylic acids is 1. The molecule has 4 nitrogen and oxygen atoms in total. The average molecular weight is 386 g/mol. The van der Waals surface area contributed by atoms with Crippen LogP contribution in [0.15, 0.2) is 30.3 Å². The highest BCUT2D eigenvalue weighted by atomic mass is 16.5. The van der Waals surface area contributed by atoms with Gasteiger partial charge in [0.25, 0.3) is 0 Å². The van der Waals surface area contributed by atoms with Crippen LogP contribution in [-0.2, 0) is 4.79 Å². The van der Waals surface area contributed by atoms with Gasteiger partial charge in [0.15, 0.2) is 0 Å². The van der Waals surface area contributed by atoms with Gasteiger partial charge in [-0.05, 0) is 79.7 Å². The smallest absolute Gasteiger partial charge is 0.303 e. The molecule has 0 radical (unpaired) electrons. The van der Waals surface area contributed by atoms with Crippen molar-refractivity contribution in [1.82, 2.24) is 5.32 Å². The number of benzene rings is 1. The summed E-state index contributed by atoms with van der Waals surface area (Å²) in [6.45, 7) is 7.93. The van der Waals surface area contributed by atoms with Crippen molar-refractivity contribution in [2.75, 3.05) is 6.54 Å². The molecule has 4 heteroatoms. The monoisotopic (exact) mass is 385 g/mol. The van der Waals surface area contributed by atoms with Crippen LogP contribution >= 0.6 is 0 Å². The summed E-state index contributed by atoms with van der Waals surface area (Å²) >= 11 is 0. The van der Waals surface area contributed by atoms with E-state index in [1.54, 1.807) is 0 Å². The SMILES string of the molecule is CC(C)(C)C1CCC(Oc2ccc(C3=CC(CCC(=O)O)NCC3)cc2)CC1. The van der Waals surface area contributed by atoms with Gasteiger partial charge < -0.3 is 15.2 Å². The predicted molar refractivity (Wildman–Crippen MR) is 114 cm³/mol. The van der Waals surface area contributed by atoms with Crippen molar-refractivity contribution in [1.29, 1.82) is 0 Å². The maximum absolute atomic E-state index is 10.8. The van der Waals surface area contributed by atoms with E-state index in [2.05, 4.69) is 56.4 Å². The Balaban J connectivity index is 1.54. The largest absolute Gasteiger partial charge is 0.490 e. The summed E-state index contributed by atoms with van der Waals surface area (Å²) in [5.74, 6) is 1.02. The third kappa shape index (κ3) is 5.84. The first-order valence-electron chi connectivity index (χ1n) is 10.7. The summed E-state index contributed by atoms with van der Waals surface area (Å²) < 4.78 is 6.25. The molecule has 3 rings (SSSR count). The van der Waals surface area contributed by atoms with E-state index in [0.29, 0.717) is 17.9 Å². The fourth-order valence-electron chi connectivity index (χ4n) is 4.47. The first-order chi connectivity index (χ1) is 13.3. The Bertz CT molecular complexity index is 679. The summed E-state index contributed by atoms with van der Waals surface area (Å²) in [4.78, 5) is 10.8. The molecular formula is C24H35NO3. The van der Waals surface area contributed by atoms with E-state index in [4.69, 9.17) is 9.84 Å². The van der Waals surface area contributed by atoms with Gasteiger partial charge in [-0.3, -0.25) is 4.79 Å². The number of hydrogen-bond acceptors (Lipinski definition) is 3. The lowest BCUT2D eigenvalue weighted by Crippen LogP contribution is -2.32. The molecule has 1 fully saturated rings. The second-order valence-corrected chi connectivity index (χ2v) is 9.42. The number of carbonyl (C=O) groups is 1. The Morgan fingerprint density at radius 3 is 2.43 bits per heavy atom. The summed E-state index contributed by atoms with van der Waals surface area (Å²) in [6.07, 6.45) is 9.13. The van der Waals surface area contributed by atoms with E-state index in [1.807, 2.05) is 0 Å². The Labute approximate surface area is 169 Å². The van der Waals surface area contributed by atoms with E-state index in [1.165, 1.54) is 24.0 Å². The van der Waals surface area contributed by atoms with Gasteiger partial charge in [0, 0.05) is 12.5 Å². The van der Waals surface area contributed by atoms with Gasteiger partial charge in [-0.1, -0.05) is 39.0 Å². The van der Waals surface area contributed by atoms with Crippen molar-refractivity contribution < 1.29 is 14.6 Å². The fraction of sp³-hybridized carbons (Fsp3) is 0.625. The molecule has 28 heavy (non-hydrogen) atoms. The lowest BCUT2D eigenvalue weighted by atomic mass is 9.72. The van der Waals surface area contributed by atoms with Crippen LogP contribution in [0.2, 0.25) is 0 Å². The minimum absolute atomic E-state index is 0.147. The molecule has 2 aliphatic rings. The van der Waals surface area contributed by atoms with Crippen LogP contribution in [0.3, 0.4) is 0 Å². The van der Waals surface area contributed by atoms with E-state index in [-0.39, 0.29) is 12.5 Å². The summed E-state index contributed by atoms with van der Waals surface area (Å²) in [7, 11) is 0. The normalized spacial score (nSPS) is 25.8. The van der Waals surface area contributed by atoms with Crippen LogP contribution in [0.25, 0.3) is 5.57 Å². The molecule has 1 aromatic rings. The third-order valence-corrected chi connectivity index (χ3v) is 6.30. The standard InChI is InChI=1S/C24H35NO3/c1-24(2,3)19-6-11-22(12-7-19)28-21-9-4-17(5-10-21)18-14-15-25-20(16-18)8-13-23(26)27/h4-5,9-10,16,19-20,22,25H,6-8,11-15H2,1-3H3,(H,26,27). The zero-order chi connectivity index (χ0) is 20.1. The molecule has 154 valence electrons. The number of carboxylic acid groups (broad SMARTS) is 1. The molecule has 1 unspecified atom stereocenters. The van der Waals surface area contributed by atoms with E-state index < -0.39 is 5.97 Å². The topological polar surface area (TPSA) is 58.6 Å². The van der Waals surface area contributed by atoms with Gasteiger partial charge in [0.05, 0.1) is 6.10 Å². The summed E-state index contributed by atoms with van der Waals surface area (Å²) in [5, 5.41) is 12.3. The number of hydrogen-bond donors (Lipinski definition) is 2. The number of rotatable bonds is 6. The Morgan fingerprint density at radius 2 is 1.82 bits per heavy atom. The fourth-order valence-corrected chi connectivity index (χ4v) is 4.47. The molecule has 0 amide bonds. The highest BCUT2D eigenvalue weighted by Gasteiger charge is 2.30. The van der Waals surface area contributed by atoms with Crippen molar-refractivity contribution >= 4 is 11.5 Å². The summed E-state index contributed by atoms with van der Waals surface area (Å²) in [6, 6.07) is 8.60. The van der Waals surface area contributed by atoms with Crippen LogP contribution in [0.4, 0.5) is 0 Å². The number of aliphatic carboxylic acids is 1. The van der Waals surface area contributed by atoms with Crippen LogP contribution < -0.4 is 10.1 Å². The van der Waals surface area contributed by atoms with Crippen molar-refractivity contribution in [3.8, 4) is 5.75 Å². The van der Waals surface area contributed by atoms with Crippen LogP contribution in [0, 0.1) is 11.3 Å². The minimum Gasteiger partial charge on any atom is -0.490 e. The molecule has 1 aliphatic carbocycles. The lowest BCUT2D eigenvalue weighted by Gasteiger charge is -2.37. The van der Waals surface area contributed by atoms with Gasteiger partial charge in [0.2, 0.25) is 0 Å². The molecule has 0 bridgehead atoms. The van der Waals surface area contributed by atoms with Gasteiger partial charge in [0.1, 0.15) is 5.75 Å². The third-order valence-electron chi connectivity index (χ3n) is 6.30. The zero-order valence-corrected chi connectivity index (χ0v) is 17.5. The Hall–Kier alpha value is -1.81. The minimum atomic E-state index is -0.736. The molecule has 1 aromatic carbocycles. The van der Waals surface area contributed by atoms with Gasteiger partial charge in [-0.25, -0.2) is 0 Å². The first kappa shape index (κ1) is 20.9. The molecule has 2 N–H and O–H groups in total. The maximum atomic E-state index is 10.8. The second kappa shape index (κ2) is 9.13. The van der Waals surface area contributed by atoms with Crippen LogP contribution in [0.5, 0.6) is 5.75 Å². The van der Waals surface area contributed by atoms with Crippen molar-refractivity contribution in [2.24, 2.45) is 11.3 Å². The molecule has 0 spiro atoms. The Kier molecular flexibility index (Phi) is 6.82. The van der Waals surface area contributed by atoms with Crippen LogP contribution in [-0.4, -0.2) is 29.8 Å². The second-order valence-electron chi connectivity index (χ2n) is 9.42. The van der Waals surface area contributed by atoms with Crippen LogP contribution in [0.1, 0.15) is 71.3 Å². The van der Waals surface area contributed by atoms with Gasteiger partial charge in [-0.15, -0.1) is 0 Å². The van der Waals surface area contributed by atoms with Crippen molar-refractivity contribution in [3.05, 3.63) is 35.9 Å². The maximum Gasteiger partial charge on any atom is 0.303 e. The van der Waals surface area contributed by atoms with Crippen molar-refractivity contribution in [2.45, 2.75) is 77.9 Å². The highest BCUT2D eigenvalue weighted by Crippen LogP contribution is 2.38. The zero-order valence-electron chi connectivity index (χ0n) is 17.5. The summed E-state index contributed by atoms with van der Waals surface area (Å²) in [5.41, 5.74) is 2.91. The Morgan fingerprint density at radius 1 is 1.14 bits per heavy atom. The molecule has 1 aliphatic heterocycles. The first-order valence-corrected chi connectivity index (χ1v) is 10.7. The lowest BCUT2D eigenvalue weighted by molar-refractivity contribution is -0.137. The molecular weight excluding hydrogens is 350 g/mol. The van der Waals surface area contributed by atoms with Gasteiger partial charge >= 0.3 is 5.97 Å². The molecule has 1 atom stereocenters. The van der Waals surface area contributed by atoms with E-state index >= 15 is 0 Å².